The topological polar surface area (TPSA) is 63.2 Å². The van der Waals surface area contributed by atoms with Gasteiger partial charge in [-0.15, -0.1) is 0 Å². The normalized spacial score (nSPS) is 10.6. The van der Waals surface area contributed by atoms with E-state index < -0.39 is 0 Å². The number of carbonyl (C=O) groups excluding carboxylic acids is 1. The molecule has 2 N–H and O–H groups in total. The molecule has 3 aromatic rings. The van der Waals surface area contributed by atoms with Crippen LogP contribution < -0.4 is 15.4 Å². The van der Waals surface area contributed by atoms with Crippen molar-refractivity contribution in [3.8, 4) is 5.75 Å². The standard InChI is InChI=1S/C16H14ClN3O2S/c1-9-8-10(22-2)6-7-12(9)18-15(21)20-16-19-14-11(17)4-3-5-13(14)23-16/h3-8H,1-2H3,(H2,18,19,20,21). The van der Waals surface area contributed by atoms with E-state index in [1.165, 1.54) is 11.3 Å². The molecule has 0 saturated heterocycles. The van der Waals surface area contributed by atoms with Crippen molar-refractivity contribution < 1.29 is 9.53 Å². The fourth-order valence-electron chi connectivity index (χ4n) is 2.12. The van der Waals surface area contributed by atoms with Crippen molar-refractivity contribution in [1.82, 2.24) is 4.98 Å². The van der Waals surface area contributed by atoms with Crippen molar-refractivity contribution in [3.63, 3.8) is 0 Å². The Morgan fingerprint density at radius 3 is 2.78 bits per heavy atom. The lowest BCUT2D eigenvalue weighted by molar-refractivity contribution is 0.262. The number of aryl methyl sites for hydroxylation is 1. The smallest absolute Gasteiger partial charge is 0.325 e. The van der Waals surface area contributed by atoms with Gasteiger partial charge >= 0.3 is 6.03 Å². The fourth-order valence-corrected chi connectivity index (χ4v) is 3.28. The molecule has 7 heteroatoms. The second-order valence-electron chi connectivity index (χ2n) is 4.87. The van der Waals surface area contributed by atoms with Gasteiger partial charge in [0.2, 0.25) is 0 Å². The van der Waals surface area contributed by atoms with Crippen molar-refractivity contribution >= 4 is 50.0 Å². The molecule has 118 valence electrons. The van der Waals surface area contributed by atoms with Crippen LogP contribution in [0.15, 0.2) is 36.4 Å². The molecule has 0 aliphatic heterocycles. The van der Waals surface area contributed by atoms with Gasteiger partial charge in [0.1, 0.15) is 11.3 Å². The molecule has 0 fully saturated rings. The maximum Gasteiger partial charge on any atom is 0.325 e. The number of amides is 2. The molecule has 0 aliphatic rings. The highest BCUT2D eigenvalue weighted by molar-refractivity contribution is 7.22. The van der Waals surface area contributed by atoms with E-state index in [2.05, 4.69) is 15.6 Å². The first-order valence-electron chi connectivity index (χ1n) is 6.84. The Balaban J connectivity index is 1.74. The number of para-hydroxylation sites is 1. The van der Waals surface area contributed by atoms with E-state index in [-0.39, 0.29) is 6.03 Å². The quantitative estimate of drug-likeness (QED) is 0.707. The van der Waals surface area contributed by atoms with Crippen LogP contribution in [0.25, 0.3) is 10.2 Å². The molecule has 0 radical (unpaired) electrons. The minimum absolute atomic E-state index is 0.353. The Morgan fingerprint density at radius 1 is 1.26 bits per heavy atom. The predicted octanol–water partition coefficient (Wildman–Crippen LogP) is 4.91. The maximum atomic E-state index is 12.1. The highest BCUT2D eigenvalue weighted by Gasteiger charge is 2.11. The number of ether oxygens (including phenoxy) is 1. The first-order valence-corrected chi connectivity index (χ1v) is 8.04. The summed E-state index contributed by atoms with van der Waals surface area (Å²) in [5.74, 6) is 0.745. The van der Waals surface area contributed by atoms with Gasteiger partial charge in [0, 0.05) is 5.69 Å². The number of nitrogens with zero attached hydrogens (tertiary/aromatic N) is 1. The van der Waals surface area contributed by atoms with Crippen molar-refractivity contribution in [1.29, 1.82) is 0 Å². The second kappa shape index (κ2) is 6.44. The molecule has 0 saturated carbocycles. The highest BCUT2D eigenvalue weighted by Crippen LogP contribution is 2.30. The Labute approximate surface area is 142 Å². The van der Waals surface area contributed by atoms with Gasteiger partial charge in [-0.25, -0.2) is 9.78 Å². The molecule has 1 aromatic heterocycles. The second-order valence-corrected chi connectivity index (χ2v) is 6.30. The van der Waals surface area contributed by atoms with E-state index in [0.29, 0.717) is 21.4 Å². The number of hydrogen-bond acceptors (Lipinski definition) is 4. The first-order chi connectivity index (χ1) is 11.1. The predicted molar refractivity (Wildman–Crippen MR) is 95.0 cm³/mol. The van der Waals surface area contributed by atoms with E-state index in [9.17, 15) is 4.79 Å². The van der Waals surface area contributed by atoms with E-state index in [1.54, 1.807) is 25.3 Å². The van der Waals surface area contributed by atoms with E-state index >= 15 is 0 Å². The lowest BCUT2D eigenvalue weighted by atomic mass is 10.2. The number of fused-ring (bicyclic) bond motifs is 1. The maximum absolute atomic E-state index is 12.1. The number of urea groups is 1. The van der Waals surface area contributed by atoms with Crippen LogP contribution in [0.5, 0.6) is 5.75 Å². The molecule has 0 aliphatic carbocycles. The molecule has 0 unspecified atom stereocenters. The number of anilines is 2. The third kappa shape index (κ3) is 3.38. The van der Waals surface area contributed by atoms with Gasteiger partial charge in [-0.3, -0.25) is 5.32 Å². The minimum Gasteiger partial charge on any atom is -0.497 e. The van der Waals surface area contributed by atoms with Crippen molar-refractivity contribution in [2.45, 2.75) is 6.92 Å². The van der Waals surface area contributed by atoms with Gasteiger partial charge in [-0.1, -0.05) is 29.0 Å². The third-order valence-electron chi connectivity index (χ3n) is 3.27. The number of halogens is 1. The van der Waals surface area contributed by atoms with E-state index in [0.717, 1.165) is 16.0 Å². The van der Waals surface area contributed by atoms with Crippen LogP contribution in [-0.2, 0) is 0 Å². The minimum atomic E-state index is -0.353. The first kappa shape index (κ1) is 15.6. The lowest BCUT2D eigenvalue weighted by Gasteiger charge is -2.09. The number of thiazole rings is 1. The van der Waals surface area contributed by atoms with E-state index in [4.69, 9.17) is 16.3 Å². The molecule has 1 heterocycles. The fraction of sp³-hybridized carbons (Fsp3) is 0.125. The molecular weight excluding hydrogens is 334 g/mol. The number of methoxy groups -OCH3 is 1. The van der Waals surface area contributed by atoms with Gasteiger partial charge in [0.05, 0.1) is 16.8 Å². The monoisotopic (exact) mass is 347 g/mol. The molecule has 0 atom stereocenters. The molecule has 0 bridgehead atoms. The summed E-state index contributed by atoms with van der Waals surface area (Å²) in [7, 11) is 1.60. The summed E-state index contributed by atoms with van der Waals surface area (Å²) in [5.41, 5.74) is 2.31. The Bertz CT molecular complexity index is 879. The van der Waals surface area contributed by atoms with Crippen molar-refractivity contribution in [3.05, 3.63) is 47.0 Å². The Morgan fingerprint density at radius 2 is 2.09 bits per heavy atom. The third-order valence-corrected chi connectivity index (χ3v) is 4.51. The molecule has 2 aromatic carbocycles. The molecule has 2 amide bonds. The van der Waals surface area contributed by atoms with Gasteiger partial charge in [0.15, 0.2) is 5.13 Å². The number of carbonyl (C=O) groups is 1. The van der Waals surface area contributed by atoms with Gasteiger partial charge in [-0.05, 0) is 42.8 Å². The van der Waals surface area contributed by atoms with Gasteiger partial charge in [0.25, 0.3) is 0 Å². The molecule has 23 heavy (non-hydrogen) atoms. The summed E-state index contributed by atoms with van der Waals surface area (Å²) < 4.78 is 6.07. The zero-order valence-corrected chi connectivity index (χ0v) is 14.1. The van der Waals surface area contributed by atoms with Crippen LogP contribution in [-0.4, -0.2) is 18.1 Å². The zero-order chi connectivity index (χ0) is 16.4. The summed E-state index contributed by atoms with van der Waals surface area (Å²) in [6.07, 6.45) is 0. The average molecular weight is 348 g/mol. The SMILES string of the molecule is COc1ccc(NC(=O)Nc2nc3c(Cl)cccc3s2)c(C)c1. The van der Waals surface area contributed by atoms with Crippen LogP contribution in [0, 0.1) is 6.92 Å². The lowest BCUT2D eigenvalue weighted by Crippen LogP contribution is -2.19. The van der Waals surface area contributed by atoms with Crippen LogP contribution in [0.2, 0.25) is 5.02 Å². The van der Waals surface area contributed by atoms with Crippen LogP contribution >= 0.6 is 22.9 Å². The van der Waals surface area contributed by atoms with Crippen LogP contribution in [0.3, 0.4) is 0 Å². The molecular formula is C16H14ClN3O2S. The molecule has 0 spiro atoms. The van der Waals surface area contributed by atoms with Gasteiger partial charge < -0.3 is 10.1 Å². The summed E-state index contributed by atoms with van der Waals surface area (Å²) in [4.78, 5) is 16.5. The largest absolute Gasteiger partial charge is 0.497 e. The number of hydrogen-bond donors (Lipinski definition) is 2. The summed E-state index contributed by atoms with van der Waals surface area (Å²) in [6, 6.07) is 10.6. The van der Waals surface area contributed by atoms with Crippen LogP contribution in [0.1, 0.15) is 5.56 Å². The van der Waals surface area contributed by atoms with Gasteiger partial charge in [-0.2, -0.15) is 0 Å². The number of rotatable bonds is 3. The Kier molecular flexibility index (Phi) is 4.36. The summed E-state index contributed by atoms with van der Waals surface area (Å²) >= 11 is 7.46. The molecule has 5 nitrogen and oxygen atoms in total. The van der Waals surface area contributed by atoms with Crippen molar-refractivity contribution in [2.24, 2.45) is 0 Å². The van der Waals surface area contributed by atoms with Crippen LogP contribution in [0.4, 0.5) is 15.6 Å². The summed E-state index contributed by atoms with van der Waals surface area (Å²) in [6.45, 7) is 1.90. The number of aromatic nitrogens is 1. The average Bonchev–Trinajstić information content (AvgIpc) is 2.93. The zero-order valence-electron chi connectivity index (χ0n) is 12.5. The number of benzene rings is 2. The Hall–Kier alpha value is -2.31. The molecule has 3 rings (SSSR count). The van der Waals surface area contributed by atoms with Crippen molar-refractivity contribution in [2.75, 3.05) is 17.7 Å². The number of nitrogens with one attached hydrogen (secondary N) is 2. The highest BCUT2D eigenvalue weighted by atomic mass is 35.5. The van der Waals surface area contributed by atoms with E-state index in [1.807, 2.05) is 25.1 Å². The summed E-state index contributed by atoms with van der Waals surface area (Å²) in [5, 5.41) is 6.59.